The van der Waals surface area contributed by atoms with Crippen molar-refractivity contribution in [3.05, 3.63) is 0 Å². The number of quaternary nitrogens is 1. The van der Waals surface area contributed by atoms with Crippen LogP contribution in [0.25, 0.3) is 0 Å². The number of aliphatic hydroxyl groups is 1. The summed E-state index contributed by atoms with van der Waals surface area (Å²) in [6.07, 6.45) is 0.655. The molecule has 0 radical (unpaired) electrons. The van der Waals surface area contributed by atoms with Crippen molar-refractivity contribution < 1.29 is 10.8 Å². The average molecular weight is 90.1 g/mol. The maximum atomic E-state index is 8.51. The second kappa shape index (κ2) is 3.12. The van der Waals surface area contributed by atoms with Crippen molar-refractivity contribution in [1.29, 1.82) is 0 Å². The SMILES string of the molecule is C[C@H](O)CC[NH3+]. The van der Waals surface area contributed by atoms with Crippen molar-refractivity contribution in [3.8, 4) is 0 Å². The summed E-state index contributed by atoms with van der Waals surface area (Å²) in [6.45, 7) is 2.60. The summed E-state index contributed by atoms with van der Waals surface area (Å²) in [5.74, 6) is 0. The van der Waals surface area contributed by atoms with E-state index in [9.17, 15) is 0 Å². The van der Waals surface area contributed by atoms with Gasteiger partial charge in [-0.2, -0.15) is 0 Å². The van der Waals surface area contributed by atoms with Crippen LogP contribution in [0.1, 0.15) is 13.3 Å². The Morgan fingerprint density at radius 1 is 1.83 bits per heavy atom. The molecule has 0 bridgehead atoms. The van der Waals surface area contributed by atoms with E-state index in [1.54, 1.807) is 6.92 Å². The standard InChI is InChI=1S/C4H11NO/c1-4(6)2-3-5/h4,6H,2-3,5H2,1H3/p+1/t4-/m0/s1. The van der Waals surface area contributed by atoms with Crippen LogP contribution in [0.15, 0.2) is 0 Å². The molecule has 0 aromatic carbocycles. The molecule has 0 saturated heterocycles. The van der Waals surface area contributed by atoms with Crippen LogP contribution in [0, 0.1) is 0 Å². The van der Waals surface area contributed by atoms with E-state index in [1.807, 2.05) is 0 Å². The molecule has 4 N–H and O–H groups in total. The minimum atomic E-state index is -0.164. The number of hydrogen-bond acceptors (Lipinski definition) is 1. The lowest BCUT2D eigenvalue weighted by molar-refractivity contribution is -0.370. The fraction of sp³-hybridized carbons (Fsp3) is 1.00. The Balaban J connectivity index is 2.63. The predicted octanol–water partition coefficient (Wildman–Crippen LogP) is -1.00. The van der Waals surface area contributed by atoms with Crippen molar-refractivity contribution in [2.45, 2.75) is 19.4 Å². The van der Waals surface area contributed by atoms with Crippen molar-refractivity contribution >= 4 is 0 Å². The van der Waals surface area contributed by atoms with Gasteiger partial charge in [0.2, 0.25) is 0 Å². The van der Waals surface area contributed by atoms with E-state index < -0.39 is 0 Å². The van der Waals surface area contributed by atoms with Crippen molar-refractivity contribution in [2.75, 3.05) is 6.54 Å². The van der Waals surface area contributed by atoms with Gasteiger partial charge in [0.1, 0.15) is 0 Å². The van der Waals surface area contributed by atoms with Crippen LogP contribution in [0.5, 0.6) is 0 Å². The zero-order valence-electron chi connectivity index (χ0n) is 4.15. The molecule has 0 fully saturated rings. The van der Waals surface area contributed by atoms with Gasteiger partial charge in [-0.05, 0) is 6.92 Å². The van der Waals surface area contributed by atoms with Gasteiger partial charge in [-0.1, -0.05) is 0 Å². The summed E-state index contributed by atoms with van der Waals surface area (Å²) < 4.78 is 0. The first-order chi connectivity index (χ1) is 2.77. The third-order valence-corrected chi connectivity index (χ3v) is 0.622. The van der Waals surface area contributed by atoms with E-state index >= 15 is 0 Å². The van der Waals surface area contributed by atoms with E-state index in [0.29, 0.717) is 0 Å². The van der Waals surface area contributed by atoms with Crippen LogP contribution in [0.4, 0.5) is 0 Å². The molecule has 38 valence electrons. The van der Waals surface area contributed by atoms with Crippen LogP contribution >= 0.6 is 0 Å². The first-order valence-corrected chi connectivity index (χ1v) is 2.24. The molecule has 0 aromatic rings. The van der Waals surface area contributed by atoms with Gasteiger partial charge in [0.05, 0.1) is 12.6 Å². The monoisotopic (exact) mass is 90.1 g/mol. The molecule has 1 atom stereocenters. The Kier molecular flexibility index (Phi) is 3.08. The van der Waals surface area contributed by atoms with Gasteiger partial charge in [-0.25, -0.2) is 0 Å². The second-order valence-electron chi connectivity index (χ2n) is 1.49. The normalized spacial score (nSPS) is 14.5. The van der Waals surface area contributed by atoms with Crippen LogP contribution in [-0.2, 0) is 0 Å². The zero-order chi connectivity index (χ0) is 4.99. The molecule has 0 saturated carbocycles. The molecule has 0 aromatic heterocycles. The molecule has 0 aliphatic rings. The number of aliphatic hydroxyl groups excluding tert-OH is 1. The van der Waals surface area contributed by atoms with Gasteiger partial charge in [-0.15, -0.1) is 0 Å². The average Bonchev–Trinajstić information content (AvgIpc) is 1.35. The Labute approximate surface area is 38.0 Å². The maximum Gasteiger partial charge on any atom is 0.0764 e. The Hall–Kier alpha value is -0.0800. The van der Waals surface area contributed by atoms with Crippen LogP contribution in [0.3, 0.4) is 0 Å². The third-order valence-electron chi connectivity index (χ3n) is 0.622. The van der Waals surface area contributed by atoms with Gasteiger partial charge in [0.25, 0.3) is 0 Å². The van der Waals surface area contributed by atoms with Crippen molar-refractivity contribution in [1.82, 2.24) is 0 Å². The quantitative estimate of drug-likeness (QED) is 0.449. The zero-order valence-corrected chi connectivity index (χ0v) is 4.15. The molecule has 2 nitrogen and oxygen atoms in total. The smallest absolute Gasteiger partial charge is 0.0764 e. The fourth-order valence-electron chi connectivity index (χ4n) is 0.295. The molecule has 0 unspecified atom stereocenters. The van der Waals surface area contributed by atoms with Gasteiger partial charge >= 0.3 is 0 Å². The predicted molar refractivity (Wildman–Crippen MR) is 24.1 cm³/mol. The maximum absolute atomic E-state index is 8.51. The third kappa shape index (κ3) is 3.92. The lowest BCUT2D eigenvalue weighted by Gasteiger charge is -1.93. The number of rotatable bonds is 2. The fourth-order valence-corrected chi connectivity index (χ4v) is 0.295. The van der Waals surface area contributed by atoms with E-state index in [2.05, 4.69) is 5.73 Å². The van der Waals surface area contributed by atoms with Crippen molar-refractivity contribution in [2.24, 2.45) is 0 Å². The van der Waals surface area contributed by atoms with Crippen LogP contribution in [-0.4, -0.2) is 17.8 Å². The molecule has 0 rings (SSSR count). The molecule has 0 heterocycles. The summed E-state index contributed by atoms with van der Waals surface area (Å²) in [4.78, 5) is 0. The van der Waals surface area contributed by atoms with Gasteiger partial charge in [0, 0.05) is 6.42 Å². The second-order valence-corrected chi connectivity index (χ2v) is 1.49. The summed E-state index contributed by atoms with van der Waals surface area (Å²) in [5.41, 5.74) is 3.57. The topological polar surface area (TPSA) is 47.9 Å². The Morgan fingerprint density at radius 2 is 2.33 bits per heavy atom. The Bertz CT molecular complexity index is 28.7. The number of hydrogen-bond donors (Lipinski definition) is 2. The summed E-state index contributed by atoms with van der Waals surface area (Å²) in [7, 11) is 0. The molecule has 0 aliphatic carbocycles. The van der Waals surface area contributed by atoms with Gasteiger partial charge in [0.15, 0.2) is 0 Å². The molecule has 6 heavy (non-hydrogen) atoms. The minimum Gasteiger partial charge on any atom is -0.393 e. The highest BCUT2D eigenvalue weighted by molar-refractivity contribution is 4.39. The van der Waals surface area contributed by atoms with E-state index in [4.69, 9.17) is 5.11 Å². The van der Waals surface area contributed by atoms with Crippen molar-refractivity contribution in [3.63, 3.8) is 0 Å². The highest BCUT2D eigenvalue weighted by Crippen LogP contribution is 1.80. The largest absolute Gasteiger partial charge is 0.393 e. The van der Waals surface area contributed by atoms with E-state index in [0.717, 1.165) is 13.0 Å². The molecule has 0 spiro atoms. The highest BCUT2D eigenvalue weighted by Gasteiger charge is 1.89. The first kappa shape index (κ1) is 5.92. The molecular formula is C4H12NO+. The van der Waals surface area contributed by atoms with Crippen LogP contribution in [0.2, 0.25) is 0 Å². The van der Waals surface area contributed by atoms with Crippen LogP contribution < -0.4 is 5.73 Å². The highest BCUT2D eigenvalue weighted by atomic mass is 16.3. The molecular weight excluding hydrogens is 78.0 g/mol. The van der Waals surface area contributed by atoms with Gasteiger partial charge < -0.3 is 10.8 Å². The summed E-state index contributed by atoms with van der Waals surface area (Å²) in [6, 6.07) is 0. The Morgan fingerprint density at radius 3 is 2.33 bits per heavy atom. The first-order valence-electron chi connectivity index (χ1n) is 2.24. The molecule has 0 amide bonds. The lowest BCUT2D eigenvalue weighted by atomic mass is 10.3. The summed E-state index contributed by atoms with van der Waals surface area (Å²) >= 11 is 0. The minimum absolute atomic E-state index is 0.164. The summed E-state index contributed by atoms with van der Waals surface area (Å²) in [5, 5.41) is 8.51. The molecule has 2 heteroatoms. The lowest BCUT2D eigenvalue weighted by Crippen LogP contribution is -2.51. The van der Waals surface area contributed by atoms with E-state index in [-0.39, 0.29) is 6.10 Å². The van der Waals surface area contributed by atoms with Gasteiger partial charge in [-0.3, -0.25) is 0 Å². The van der Waals surface area contributed by atoms with E-state index in [1.165, 1.54) is 0 Å². The molecule has 0 aliphatic heterocycles.